The fraction of sp³-hybridized carbons (Fsp3) is 0.432. The van der Waals surface area contributed by atoms with Crippen molar-refractivity contribution < 1.29 is 14.4 Å². The highest BCUT2D eigenvalue weighted by molar-refractivity contribution is 6.30. The van der Waals surface area contributed by atoms with Crippen molar-refractivity contribution in [3.8, 4) is 0 Å². The van der Waals surface area contributed by atoms with Gasteiger partial charge in [0.2, 0.25) is 17.7 Å². The van der Waals surface area contributed by atoms with Crippen molar-refractivity contribution in [3.63, 3.8) is 0 Å². The molecule has 5 rings (SSSR count). The topological polar surface area (TPSA) is 108 Å². The van der Waals surface area contributed by atoms with Gasteiger partial charge in [0.05, 0.1) is 6.42 Å². The molecular weight excluding hydrogens is 598 g/mol. The zero-order chi connectivity index (χ0) is 32.4. The van der Waals surface area contributed by atoms with Crippen LogP contribution in [0.2, 0.25) is 5.02 Å². The Labute approximate surface area is 277 Å². The van der Waals surface area contributed by atoms with Gasteiger partial charge in [-0.3, -0.25) is 19.3 Å². The first-order chi connectivity index (χ1) is 22.3. The number of benzene rings is 3. The molecule has 0 aromatic heterocycles. The number of halogens is 1. The Morgan fingerprint density at radius 2 is 1.41 bits per heavy atom. The molecule has 46 heavy (non-hydrogen) atoms. The van der Waals surface area contributed by atoms with Crippen LogP contribution in [0.4, 0.5) is 0 Å². The van der Waals surface area contributed by atoms with E-state index in [1.54, 1.807) is 12.1 Å². The Balaban J connectivity index is 1.21. The maximum atomic E-state index is 14.0. The van der Waals surface area contributed by atoms with E-state index in [1.807, 2.05) is 77.7 Å². The van der Waals surface area contributed by atoms with Gasteiger partial charge in [0.1, 0.15) is 6.04 Å². The molecule has 0 radical (unpaired) electrons. The molecule has 2 aliphatic rings. The smallest absolute Gasteiger partial charge is 0.245 e. The van der Waals surface area contributed by atoms with Gasteiger partial charge < -0.3 is 21.3 Å². The molecule has 1 saturated heterocycles. The Bertz CT molecular complexity index is 1420. The van der Waals surface area contributed by atoms with E-state index in [4.69, 9.17) is 17.3 Å². The first-order valence-corrected chi connectivity index (χ1v) is 16.9. The number of carbonyl (C=O) groups is 3. The van der Waals surface area contributed by atoms with Crippen LogP contribution in [-0.2, 0) is 27.2 Å². The molecule has 4 N–H and O–H groups in total. The third-order valence-electron chi connectivity index (χ3n) is 9.49. The molecule has 0 bridgehead atoms. The lowest BCUT2D eigenvalue weighted by atomic mass is 9.79. The monoisotopic (exact) mass is 643 g/mol. The predicted molar refractivity (Wildman–Crippen MR) is 182 cm³/mol. The minimum absolute atomic E-state index is 0.0396. The molecule has 3 aromatic rings. The third kappa shape index (κ3) is 9.18. The second kappa shape index (κ2) is 16.2. The van der Waals surface area contributed by atoms with Crippen molar-refractivity contribution in [2.75, 3.05) is 32.7 Å². The van der Waals surface area contributed by atoms with Crippen LogP contribution >= 0.6 is 11.6 Å². The van der Waals surface area contributed by atoms with E-state index in [9.17, 15) is 14.4 Å². The molecule has 2 unspecified atom stereocenters. The molecule has 9 heteroatoms. The zero-order valence-corrected chi connectivity index (χ0v) is 27.3. The maximum Gasteiger partial charge on any atom is 0.245 e. The number of nitrogens with two attached hydrogens (primary N) is 1. The van der Waals surface area contributed by atoms with Crippen LogP contribution < -0.4 is 16.4 Å². The minimum atomic E-state index is -0.718. The van der Waals surface area contributed by atoms with E-state index in [1.165, 1.54) is 6.42 Å². The summed E-state index contributed by atoms with van der Waals surface area (Å²) in [7, 11) is 0. The molecule has 1 aliphatic heterocycles. The second-order valence-corrected chi connectivity index (χ2v) is 13.1. The molecule has 244 valence electrons. The van der Waals surface area contributed by atoms with Gasteiger partial charge in [0.25, 0.3) is 0 Å². The molecule has 1 aliphatic carbocycles. The summed E-state index contributed by atoms with van der Waals surface area (Å²) in [6.45, 7) is 3.19. The van der Waals surface area contributed by atoms with Gasteiger partial charge in [0.15, 0.2) is 0 Å². The normalized spacial score (nSPS) is 17.9. The summed E-state index contributed by atoms with van der Waals surface area (Å²) < 4.78 is 0. The average molecular weight is 644 g/mol. The Morgan fingerprint density at radius 1 is 0.783 bits per heavy atom. The number of hydrogen-bond acceptors (Lipinski definition) is 5. The Morgan fingerprint density at radius 3 is 2.07 bits per heavy atom. The van der Waals surface area contributed by atoms with E-state index in [0.29, 0.717) is 37.5 Å². The van der Waals surface area contributed by atoms with Crippen LogP contribution in [0.5, 0.6) is 0 Å². The van der Waals surface area contributed by atoms with Crippen LogP contribution in [-0.4, -0.2) is 71.8 Å². The summed E-state index contributed by atoms with van der Waals surface area (Å²) >= 11 is 6.11. The number of carbonyl (C=O) groups excluding carboxylic acids is 3. The third-order valence-corrected chi connectivity index (χ3v) is 9.74. The van der Waals surface area contributed by atoms with E-state index < -0.39 is 12.1 Å². The number of nitrogens with zero attached hydrogens (tertiary/aromatic N) is 2. The highest BCUT2D eigenvalue weighted by Gasteiger charge is 2.40. The highest BCUT2D eigenvalue weighted by Crippen LogP contribution is 2.34. The Hall–Kier alpha value is -3.72. The van der Waals surface area contributed by atoms with Crippen LogP contribution in [0.1, 0.15) is 61.3 Å². The first kappa shape index (κ1) is 33.6. The molecule has 1 heterocycles. The number of hydrogen-bond donors (Lipinski definition) is 3. The highest BCUT2D eigenvalue weighted by atomic mass is 35.5. The summed E-state index contributed by atoms with van der Waals surface area (Å²) in [6, 6.07) is 25.5. The van der Waals surface area contributed by atoms with E-state index >= 15 is 0 Å². The SMILES string of the molecule is NC(CC(=O)NC(Cc1ccc(Cl)cc1)C(=O)N1CCN(C2(CNC(=O)Cc3ccccc3)CCCCC2)CC1)c1ccccc1. The molecule has 0 spiro atoms. The van der Waals surface area contributed by atoms with Crippen LogP contribution in [0.15, 0.2) is 84.9 Å². The van der Waals surface area contributed by atoms with E-state index in [-0.39, 0.29) is 29.7 Å². The Kier molecular flexibility index (Phi) is 11.9. The van der Waals surface area contributed by atoms with Crippen molar-refractivity contribution in [3.05, 3.63) is 107 Å². The summed E-state index contributed by atoms with van der Waals surface area (Å²) in [5.74, 6) is -0.308. The quantitative estimate of drug-likeness (QED) is 0.266. The van der Waals surface area contributed by atoms with Gasteiger partial charge in [-0.25, -0.2) is 0 Å². The molecule has 1 saturated carbocycles. The van der Waals surface area contributed by atoms with Gasteiger partial charge in [-0.15, -0.1) is 0 Å². The standard InChI is InChI=1S/C37H46ClN5O3/c38-31-16-14-29(15-17-31)24-33(41-35(45)26-32(39)30-12-6-2-7-13-30)36(46)42-20-22-43(23-21-42)37(18-8-3-9-19-37)27-40-34(44)25-28-10-4-1-5-11-28/h1-2,4-7,10-17,32-33H,3,8-9,18-27,39H2,(H,40,44)(H,41,45). The lowest BCUT2D eigenvalue weighted by Crippen LogP contribution is -2.63. The van der Waals surface area contributed by atoms with E-state index in [2.05, 4.69) is 15.5 Å². The molecule has 2 atom stereocenters. The molecule has 3 aromatic carbocycles. The van der Waals surface area contributed by atoms with Crippen molar-refractivity contribution in [2.45, 2.75) is 69.0 Å². The average Bonchev–Trinajstić information content (AvgIpc) is 3.09. The fourth-order valence-corrected chi connectivity index (χ4v) is 7.00. The number of nitrogens with one attached hydrogen (secondary N) is 2. The molecule has 2 fully saturated rings. The number of amides is 3. The van der Waals surface area contributed by atoms with Gasteiger partial charge in [0, 0.05) is 62.2 Å². The van der Waals surface area contributed by atoms with Crippen LogP contribution in [0.3, 0.4) is 0 Å². The first-order valence-electron chi connectivity index (χ1n) is 16.5. The maximum absolute atomic E-state index is 14.0. The molecule has 3 amide bonds. The van der Waals surface area contributed by atoms with Crippen molar-refractivity contribution in [2.24, 2.45) is 5.73 Å². The largest absolute Gasteiger partial charge is 0.354 e. The van der Waals surface area contributed by atoms with Crippen LogP contribution in [0, 0.1) is 0 Å². The fourth-order valence-electron chi connectivity index (χ4n) is 6.87. The van der Waals surface area contributed by atoms with Gasteiger partial charge >= 0.3 is 0 Å². The lowest BCUT2D eigenvalue weighted by Gasteiger charge is -2.50. The molecular formula is C37H46ClN5O3. The van der Waals surface area contributed by atoms with Gasteiger partial charge in [-0.05, 0) is 41.7 Å². The second-order valence-electron chi connectivity index (χ2n) is 12.7. The van der Waals surface area contributed by atoms with Crippen molar-refractivity contribution in [1.82, 2.24) is 20.4 Å². The summed E-state index contributed by atoms with van der Waals surface area (Å²) in [4.78, 5) is 44.4. The predicted octanol–water partition coefficient (Wildman–Crippen LogP) is 4.66. The minimum Gasteiger partial charge on any atom is -0.354 e. The summed E-state index contributed by atoms with van der Waals surface area (Å²) in [5, 5.41) is 6.87. The number of rotatable bonds is 12. The lowest BCUT2D eigenvalue weighted by molar-refractivity contribution is -0.139. The van der Waals surface area contributed by atoms with Crippen molar-refractivity contribution >= 4 is 29.3 Å². The van der Waals surface area contributed by atoms with Crippen molar-refractivity contribution in [1.29, 1.82) is 0 Å². The zero-order valence-electron chi connectivity index (χ0n) is 26.5. The van der Waals surface area contributed by atoms with E-state index in [0.717, 1.165) is 55.5 Å². The van der Waals surface area contributed by atoms with Gasteiger partial charge in [-0.1, -0.05) is 104 Å². The molecule has 8 nitrogen and oxygen atoms in total. The summed E-state index contributed by atoms with van der Waals surface area (Å²) in [6.07, 6.45) is 6.35. The number of piperazine rings is 1. The van der Waals surface area contributed by atoms with Gasteiger partial charge in [-0.2, -0.15) is 0 Å². The summed E-state index contributed by atoms with van der Waals surface area (Å²) in [5.41, 5.74) is 9.03. The van der Waals surface area contributed by atoms with Crippen LogP contribution in [0.25, 0.3) is 0 Å².